The van der Waals surface area contributed by atoms with Crippen molar-refractivity contribution in [2.75, 3.05) is 45.8 Å². The third-order valence-electron chi connectivity index (χ3n) is 8.01. The number of fused-ring (bicyclic) bond motifs is 3. The summed E-state index contributed by atoms with van der Waals surface area (Å²) in [4.78, 5) is 30.2. The van der Waals surface area contributed by atoms with Gasteiger partial charge in [-0.15, -0.1) is 0 Å². The zero-order valence-electron chi connectivity index (χ0n) is 22.8. The molecule has 1 N–H and O–H groups in total. The molecule has 3 heterocycles. The van der Waals surface area contributed by atoms with Gasteiger partial charge in [0.2, 0.25) is 5.91 Å². The number of halogens is 1. The van der Waals surface area contributed by atoms with Crippen molar-refractivity contribution in [3.63, 3.8) is 0 Å². The summed E-state index contributed by atoms with van der Waals surface area (Å²) in [7, 11) is 0. The number of carboxylic acids is 1. The predicted octanol–water partition coefficient (Wildman–Crippen LogP) is 4.21. The standard InChI is InChI=1S/C32H33FN4O4/c33-28-8-4-7-27-26-13-14-36(30(38)21-34-15-17-35(18-16-34)22-31(39)40)20-29(26)37(32(27)28)19-23-9-11-25(12-10-23)41-24-5-2-1-3-6-24/h1-12H,13-22H2,(H,39,40). The van der Waals surface area contributed by atoms with Crippen LogP contribution < -0.4 is 4.74 Å². The Balaban J connectivity index is 1.19. The van der Waals surface area contributed by atoms with Gasteiger partial charge in [0.25, 0.3) is 0 Å². The first kappa shape index (κ1) is 27.0. The summed E-state index contributed by atoms with van der Waals surface area (Å²) >= 11 is 0. The summed E-state index contributed by atoms with van der Waals surface area (Å²) < 4.78 is 23.2. The average Bonchev–Trinajstić information content (AvgIpc) is 3.29. The fourth-order valence-electron chi connectivity index (χ4n) is 5.90. The fraction of sp³-hybridized carbons (Fsp3) is 0.312. The molecule has 0 saturated carbocycles. The molecule has 1 saturated heterocycles. The number of ether oxygens (including phenoxy) is 1. The molecule has 1 amide bonds. The first-order valence-corrected chi connectivity index (χ1v) is 14.0. The van der Waals surface area contributed by atoms with Crippen LogP contribution in [0, 0.1) is 5.82 Å². The van der Waals surface area contributed by atoms with E-state index >= 15 is 4.39 Å². The van der Waals surface area contributed by atoms with Crippen LogP contribution in [0.4, 0.5) is 4.39 Å². The van der Waals surface area contributed by atoms with Gasteiger partial charge in [0.05, 0.1) is 25.2 Å². The lowest BCUT2D eigenvalue weighted by atomic mass is 10.0. The highest BCUT2D eigenvalue weighted by molar-refractivity contribution is 5.87. The average molecular weight is 557 g/mol. The second-order valence-corrected chi connectivity index (χ2v) is 10.7. The van der Waals surface area contributed by atoms with Gasteiger partial charge < -0.3 is 19.3 Å². The molecule has 41 heavy (non-hydrogen) atoms. The van der Waals surface area contributed by atoms with Crippen LogP contribution in [-0.4, -0.2) is 82.1 Å². The summed E-state index contributed by atoms with van der Waals surface area (Å²) in [5.41, 5.74) is 3.66. The van der Waals surface area contributed by atoms with Crippen molar-refractivity contribution in [3.05, 3.63) is 95.4 Å². The molecule has 0 unspecified atom stereocenters. The highest BCUT2D eigenvalue weighted by Crippen LogP contribution is 2.33. The Labute approximate surface area is 238 Å². The van der Waals surface area contributed by atoms with Crippen molar-refractivity contribution < 1.29 is 23.8 Å². The monoisotopic (exact) mass is 556 g/mol. The van der Waals surface area contributed by atoms with Crippen molar-refractivity contribution in [2.24, 2.45) is 0 Å². The van der Waals surface area contributed by atoms with Gasteiger partial charge in [0, 0.05) is 50.3 Å². The number of hydrogen-bond acceptors (Lipinski definition) is 5. The maximum absolute atomic E-state index is 15.2. The van der Waals surface area contributed by atoms with Gasteiger partial charge in [0.1, 0.15) is 17.3 Å². The number of rotatable bonds is 8. The molecule has 1 fully saturated rings. The molecule has 8 nitrogen and oxygen atoms in total. The number of aromatic nitrogens is 1. The number of aliphatic carboxylic acids is 1. The lowest BCUT2D eigenvalue weighted by Crippen LogP contribution is -2.51. The summed E-state index contributed by atoms with van der Waals surface area (Å²) in [5.74, 6) is 0.438. The first-order valence-electron chi connectivity index (χ1n) is 14.0. The largest absolute Gasteiger partial charge is 0.480 e. The Kier molecular flexibility index (Phi) is 7.71. The maximum atomic E-state index is 15.2. The predicted molar refractivity (Wildman–Crippen MR) is 154 cm³/mol. The van der Waals surface area contributed by atoms with Crippen LogP contribution in [0.1, 0.15) is 16.8 Å². The third-order valence-corrected chi connectivity index (χ3v) is 8.01. The minimum absolute atomic E-state index is 0.0283. The third kappa shape index (κ3) is 5.96. The molecular formula is C32H33FN4O4. The van der Waals surface area contributed by atoms with Crippen LogP contribution in [0.3, 0.4) is 0 Å². The number of carbonyl (C=O) groups is 2. The lowest BCUT2D eigenvalue weighted by molar-refractivity contribution is -0.139. The topological polar surface area (TPSA) is 78.3 Å². The van der Waals surface area contributed by atoms with Crippen molar-refractivity contribution in [3.8, 4) is 11.5 Å². The summed E-state index contributed by atoms with van der Waals surface area (Å²) in [6.45, 7) is 4.41. The molecule has 0 atom stereocenters. The van der Waals surface area contributed by atoms with Crippen molar-refractivity contribution in [1.82, 2.24) is 19.3 Å². The number of piperazine rings is 1. The van der Waals surface area contributed by atoms with Crippen LogP contribution in [0.2, 0.25) is 0 Å². The molecule has 0 aliphatic carbocycles. The normalized spacial score (nSPS) is 16.1. The second kappa shape index (κ2) is 11.7. The maximum Gasteiger partial charge on any atom is 0.317 e. The number of benzene rings is 3. The van der Waals surface area contributed by atoms with Crippen molar-refractivity contribution in [1.29, 1.82) is 0 Å². The van der Waals surface area contributed by atoms with Crippen LogP contribution >= 0.6 is 0 Å². The Bertz CT molecular complexity index is 1550. The highest BCUT2D eigenvalue weighted by Gasteiger charge is 2.29. The summed E-state index contributed by atoms with van der Waals surface area (Å²) in [6, 6.07) is 22.6. The minimum atomic E-state index is -0.832. The first-order chi connectivity index (χ1) is 19.9. The molecule has 2 aliphatic rings. The number of nitrogens with zero attached hydrogens (tertiary/aromatic N) is 4. The van der Waals surface area contributed by atoms with E-state index in [0.717, 1.165) is 33.7 Å². The van der Waals surface area contributed by atoms with Gasteiger partial charge in [-0.05, 0) is 47.9 Å². The zero-order chi connectivity index (χ0) is 28.3. The molecule has 4 aromatic rings. The zero-order valence-corrected chi connectivity index (χ0v) is 22.8. The Hall–Kier alpha value is -4.21. The van der Waals surface area contributed by atoms with E-state index in [1.54, 1.807) is 6.07 Å². The van der Waals surface area contributed by atoms with E-state index in [9.17, 15) is 9.59 Å². The molecule has 2 aliphatic heterocycles. The number of carboxylic acid groups (broad SMARTS) is 1. The number of amides is 1. The smallest absolute Gasteiger partial charge is 0.317 e. The van der Waals surface area contributed by atoms with Gasteiger partial charge in [-0.2, -0.15) is 0 Å². The van der Waals surface area contributed by atoms with Gasteiger partial charge >= 0.3 is 5.97 Å². The molecule has 0 bridgehead atoms. The molecule has 0 radical (unpaired) electrons. The molecule has 9 heteroatoms. The van der Waals surface area contributed by atoms with E-state index in [1.165, 1.54) is 6.07 Å². The quantitative estimate of drug-likeness (QED) is 0.351. The van der Waals surface area contributed by atoms with Gasteiger partial charge in [0.15, 0.2) is 0 Å². The van der Waals surface area contributed by atoms with Crippen LogP contribution in [-0.2, 0) is 29.1 Å². The van der Waals surface area contributed by atoms with Crippen LogP contribution in [0.25, 0.3) is 10.9 Å². The van der Waals surface area contributed by atoms with Crippen LogP contribution in [0.5, 0.6) is 11.5 Å². The van der Waals surface area contributed by atoms with E-state index in [1.807, 2.05) is 75.0 Å². The molecular weight excluding hydrogens is 523 g/mol. The molecule has 0 spiro atoms. The van der Waals surface area contributed by atoms with E-state index in [2.05, 4.69) is 4.90 Å². The summed E-state index contributed by atoms with van der Waals surface area (Å²) in [6.07, 6.45) is 0.671. The summed E-state index contributed by atoms with van der Waals surface area (Å²) in [5, 5.41) is 9.94. The molecule has 3 aromatic carbocycles. The van der Waals surface area contributed by atoms with Gasteiger partial charge in [-0.25, -0.2) is 4.39 Å². The lowest BCUT2D eigenvalue weighted by Gasteiger charge is -2.35. The highest BCUT2D eigenvalue weighted by atomic mass is 19.1. The van der Waals surface area contributed by atoms with Crippen molar-refractivity contribution in [2.45, 2.75) is 19.5 Å². The van der Waals surface area contributed by atoms with E-state index < -0.39 is 5.97 Å². The Morgan fingerprint density at radius 2 is 1.49 bits per heavy atom. The SMILES string of the molecule is O=C(O)CN1CCN(CC(=O)N2CCc3c(n(Cc4ccc(Oc5ccccc5)cc4)c4c(F)cccc34)C2)CC1. The Morgan fingerprint density at radius 3 is 2.20 bits per heavy atom. The molecule has 6 rings (SSSR count). The Morgan fingerprint density at radius 1 is 0.805 bits per heavy atom. The minimum Gasteiger partial charge on any atom is -0.480 e. The molecule has 212 valence electrons. The van der Waals surface area contributed by atoms with Gasteiger partial charge in [-0.3, -0.25) is 19.4 Å². The van der Waals surface area contributed by atoms with E-state index in [4.69, 9.17) is 9.84 Å². The van der Waals surface area contributed by atoms with Crippen LogP contribution in [0.15, 0.2) is 72.8 Å². The number of carbonyl (C=O) groups excluding carboxylic acids is 1. The second-order valence-electron chi connectivity index (χ2n) is 10.7. The number of para-hydroxylation sites is 2. The van der Waals surface area contributed by atoms with E-state index in [-0.39, 0.29) is 18.3 Å². The fourth-order valence-corrected chi connectivity index (χ4v) is 5.90. The van der Waals surface area contributed by atoms with Crippen molar-refractivity contribution >= 4 is 22.8 Å². The number of hydrogen-bond donors (Lipinski definition) is 1. The molecule has 1 aromatic heterocycles. The van der Waals surface area contributed by atoms with E-state index in [0.29, 0.717) is 64.3 Å². The van der Waals surface area contributed by atoms with Gasteiger partial charge in [-0.1, -0.05) is 42.5 Å².